The van der Waals surface area contributed by atoms with Gasteiger partial charge >= 0.3 is 0 Å². The number of hydrogen-bond acceptors (Lipinski definition) is 3. The van der Waals surface area contributed by atoms with Crippen molar-refractivity contribution in [2.75, 3.05) is 7.11 Å². The van der Waals surface area contributed by atoms with Crippen LogP contribution in [-0.4, -0.2) is 22.6 Å². The molecule has 1 heterocycles. The highest BCUT2D eigenvalue weighted by atomic mass is 19.1. The Morgan fingerprint density at radius 1 is 1.26 bits per heavy atom. The molecule has 0 aliphatic heterocycles. The third-order valence-electron chi connectivity index (χ3n) is 4.46. The number of nitrogens with one attached hydrogen (secondary N) is 1. The van der Waals surface area contributed by atoms with E-state index in [4.69, 9.17) is 4.74 Å². The number of aryl methyl sites for hydroxylation is 2. The molecule has 3 rings (SSSR count). The highest BCUT2D eigenvalue weighted by Gasteiger charge is 2.21. The lowest BCUT2D eigenvalue weighted by atomic mass is 10.0. The molecule has 0 spiro atoms. The third kappa shape index (κ3) is 4.34. The largest absolute Gasteiger partial charge is 0.496 e. The summed E-state index contributed by atoms with van der Waals surface area (Å²) in [5, 5.41) is 3.01. The predicted molar refractivity (Wildman–Crippen MR) is 101 cm³/mol. The molecule has 0 radical (unpaired) electrons. The number of amides is 1. The van der Waals surface area contributed by atoms with Gasteiger partial charge in [0, 0.05) is 19.4 Å². The molecule has 0 saturated heterocycles. The van der Waals surface area contributed by atoms with Crippen LogP contribution in [0.1, 0.15) is 28.6 Å². The van der Waals surface area contributed by atoms with Crippen molar-refractivity contribution in [3.05, 3.63) is 83.2 Å². The van der Waals surface area contributed by atoms with Crippen LogP contribution in [0.25, 0.3) is 0 Å². The molecule has 1 N–H and O–H groups in total. The summed E-state index contributed by atoms with van der Waals surface area (Å²) in [4.78, 5) is 17.0. The van der Waals surface area contributed by atoms with Gasteiger partial charge in [-0.05, 0) is 41.8 Å². The lowest BCUT2D eigenvalue weighted by molar-refractivity contribution is -0.121. The number of nitrogens with zero attached hydrogens (tertiary/aromatic N) is 2. The average Bonchev–Trinajstić information content (AvgIpc) is 3.08. The van der Waals surface area contributed by atoms with E-state index in [2.05, 4.69) is 10.3 Å². The minimum Gasteiger partial charge on any atom is -0.496 e. The number of aromatic nitrogens is 2. The molecule has 3 aromatic rings. The van der Waals surface area contributed by atoms with Gasteiger partial charge in [-0.1, -0.05) is 24.3 Å². The Balaban J connectivity index is 1.82. The Morgan fingerprint density at radius 3 is 2.63 bits per heavy atom. The lowest BCUT2D eigenvalue weighted by Gasteiger charge is -2.19. The number of halogens is 1. The molecule has 140 valence electrons. The second-order valence-electron chi connectivity index (χ2n) is 6.43. The lowest BCUT2D eigenvalue weighted by Crippen LogP contribution is -2.32. The van der Waals surface area contributed by atoms with Gasteiger partial charge in [0.05, 0.1) is 13.5 Å². The topological polar surface area (TPSA) is 56.1 Å². The third-order valence-corrected chi connectivity index (χ3v) is 4.46. The van der Waals surface area contributed by atoms with Crippen LogP contribution in [0.4, 0.5) is 4.39 Å². The summed E-state index contributed by atoms with van der Waals surface area (Å²) in [7, 11) is 3.47. The number of carbonyl (C=O) groups excluding carboxylic acids is 1. The van der Waals surface area contributed by atoms with Crippen molar-refractivity contribution in [1.82, 2.24) is 14.9 Å². The molecule has 27 heavy (non-hydrogen) atoms. The molecular weight excluding hydrogens is 345 g/mol. The summed E-state index contributed by atoms with van der Waals surface area (Å²) in [6, 6.07) is 11.3. The number of ether oxygens (including phenoxy) is 1. The second kappa shape index (κ2) is 8.03. The quantitative estimate of drug-likeness (QED) is 0.727. The van der Waals surface area contributed by atoms with E-state index in [1.807, 2.05) is 42.9 Å². The molecule has 5 nitrogen and oxygen atoms in total. The Labute approximate surface area is 157 Å². The van der Waals surface area contributed by atoms with E-state index in [-0.39, 0.29) is 18.1 Å². The maximum absolute atomic E-state index is 13.3. The zero-order chi connectivity index (χ0) is 19.4. The molecule has 1 atom stereocenters. The molecule has 0 aliphatic rings. The van der Waals surface area contributed by atoms with Gasteiger partial charge in [-0.3, -0.25) is 4.79 Å². The molecule has 1 aromatic heterocycles. The molecule has 0 saturated carbocycles. The minimum absolute atomic E-state index is 0.154. The number of rotatable bonds is 6. The summed E-state index contributed by atoms with van der Waals surface area (Å²) >= 11 is 0. The van der Waals surface area contributed by atoms with E-state index < -0.39 is 6.04 Å². The molecule has 1 amide bonds. The van der Waals surface area contributed by atoms with Crippen molar-refractivity contribution in [2.24, 2.45) is 7.05 Å². The fourth-order valence-corrected chi connectivity index (χ4v) is 2.98. The smallest absolute Gasteiger partial charge is 0.225 e. The maximum atomic E-state index is 13.3. The Bertz CT molecular complexity index is 935. The van der Waals surface area contributed by atoms with Gasteiger partial charge in [-0.25, -0.2) is 9.37 Å². The van der Waals surface area contributed by atoms with Crippen molar-refractivity contribution in [1.29, 1.82) is 0 Å². The monoisotopic (exact) mass is 367 g/mol. The number of hydrogen-bond donors (Lipinski definition) is 1. The standard InChI is InChI=1S/C21H22FN3O2/c1-14-4-5-15(12-18(14)27-3)13-19(26)24-20(21-23-10-11-25(21)2)16-6-8-17(22)9-7-16/h4-12,20H,13H2,1-3H3,(H,24,26). The summed E-state index contributed by atoms with van der Waals surface area (Å²) < 4.78 is 20.5. The highest BCUT2D eigenvalue weighted by Crippen LogP contribution is 2.22. The van der Waals surface area contributed by atoms with Gasteiger partial charge in [-0.2, -0.15) is 0 Å². The van der Waals surface area contributed by atoms with Crippen LogP contribution < -0.4 is 10.1 Å². The fraction of sp³-hybridized carbons (Fsp3) is 0.238. The van der Waals surface area contributed by atoms with E-state index in [9.17, 15) is 9.18 Å². The molecular formula is C21H22FN3O2. The van der Waals surface area contributed by atoms with Crippen LogP contribution >= 0.6 is 0 Å². The van der Waals surface area contributed by atoms with Gasteiger partial charge in [0.25, 0.3) is 0 Å². The summed E-state index contributed by atoms with van der Waals surface area (Å²) in [5.41, 5.74) is 2.63. The van der Waals surface area contributed by atoms with Crippen LogP contribution in [0.2, 0.25) is 0 Å². The van der Waals surface area contributed by atoms with Gasteiger partial charge in [0.15, 0.2) is 0 Å². The first kappa shape index (κ1) is 18.6. The van der Waals surface area contributed by atoms with Gasteiger partial charge in [0.2, 0.25) is 5.91 Å². The Kier molecular flexibility index (Phi) is 5.54. The Hall–Kier alpha value is -3.15. The van der Waals surface area contributed by atoms with Crippen LogP contribution in [-0.2, 0) is 18.3 Å². The first-order valence-corrected chi connectivity index (χ1v) is 8.63. The first-order chi connectivity index (χ1) is 13.0. The Morgan fingerprint density at radius 2 is 2.00 bits per heavy atom. The molecule has 0 fully saturated rings. The van der Waals surface area contributed by atoms with Crippen molar-refractivity contribution in [3.8, 4) is 5.75 Å². The van der Waals surface area contributed by atoms with Crippen molar-refractivity contribution in [2.45, 2.75) is 19.4 Å². The van der Waals surface area contributed by atoms with Crippen LogP contribution in [0.3, 0.4) is 0 Å². The van der Waals surface area contributed by atoms with Gasteiger partial charge in [-0.15, -0.1) is 0 Å². The van der Waals surface area contributed by atoms with Gasteiger partial charge < -0.3 is 14.6 Å². The van der Waals surface area contributed by atoms with Crippen molar-refractivity contribution in [3.63, 3.8) is 0 Å². The van der Waals surface area contributed by atoms with Crippen LogP contribution in [0, 0.1) is 12.7 Å². The molecule has 1 unspecified atom stereocenters. The highest BCUT2D eigenvalue weighted by molar-refractivity contribution is 5.79. The zero-order valence-electron chi connectivity index (χ0n) is 15.6. The molecule has 0 aliphatic carbocycles. The number of benzene rings is 2. The minimum atomic E-state index is -0.467. The first-order valence-electron chi connectivity index (χ1n) is 8.63. The molecule has 2 aromatic carbocycles. The van der Waals surface area contributed by atoms with E-state index >= 15 is 0 Å². The zero-order valence-corrected chi connectivity index (χ0v) is 15.6. The second-order valence-corrected chi connectivity index (χ2v) is 6.43. The summed E-state index contributed by atoms with van der Waals surface area (Å²) in [5.74, 6) is 0.949. The van der Waals surface area contributed by atoms with Crippen LogP contribution in [0.5, 0.6) is 5.75 Å². The fourth-order valence-electron chi connectivity index (χ4n) is 2.98. The number of carbonyl (C=O) groups is 1. The van der Waals surface area contributed by atoms with E-state index in [1.165, 1.54) is 12.1 Å². The van der Waals surface area contributed by atoms with Gasteiger partial charge in [0.1, 0.15) is 23.4 Å². The van der Waals surface area contributed by atoms with E-state index in [1.54, 1.807) is 25.4 Å². The summed E-state index contributed by atoms with van der Waals surface area (Å²) in [6.07, 6.45) is 3.68. The number of methoxy groups -OCH3 is 1. The number of imidazole rings is 1. The molecule has 6 heteroatoms. The van der Waals surface area contributed by atoms with Crippen molar-refractivity contribution < 1.29 is 13.9 Å². The van der Waals surface area contributed by atoms with Crippen LogP contribution in [0.15, 0.2) is 54.9 Å². The molecule has 0 bridgehead atoms. The van der Waals surface area contributed by atoms with Crippen molar-refractivity contribution >= 4 is 5.91 Å². The SMILES string of the molecule is COc1cc(CC(=O)NC(c2ccc(F)cc2)c2nccn2C)ccc1C. The normalized spacial score (nSPS) is 11.9. The van der Waals surface area contributed by atoms with E-state index in [0.29, 0.717) is 5.82 Å². The average molecular weight is 367 g/mol. The summed E-state index contributed by atoms with van der Waals surface area (Å²) in [6.45, 7) is 1.95. The predicted octanol–water partition coefficient (Wildman–Crippen LogP) is 3.32. The van der Waals surface area contributed by atoms with E-state index in [0.717, 1.165) is 22.4 Å². The maximum Gasteiger partial charge on any atom is 0.225 e.